The Morgan fingerprint density at radius 1 is 1.25 bits per heavy atom. The summed E-state index contributed by atoms with van der Waals surface area (Å²) in [5, 5.41) is 8.02. The second kappa shape index (κ2) is 11.4. The molecule has 0 amide bonds. The molecule has 0 aromatic carbocycles. The third kappa shape index (κ3) is 6.93. The molecule has 0 unspecified atom stereocenters. The van der Waals surface area contributed by atoms with Crippen molar-refractivity contribution in [2.24, 2.45) is 0 Å². The number of aromatic nitrogens is 2. The molecule has 1 aromatic rings. The van der Waals surface area contributed by atoms with E-state index < -0.39 is 0 Å². The Balaban J connectivity index is 0. The second-order valence-electron chi connectivity index (χ2n) is 5.02. The van der Waals surface area contributed by atoms with Gasteiger partial charge in [0, 0.05) is 37.4 Å². The van der Waals surface area contributed by atoms with E-state index in [-0.39, 0.29) is 24.8 Å². The van der Waals surface area contributed by atoms with Crippen LogP contribution >= 0.6 is 24.8 Å². The van der Waals surface area contributed by atoms with E-state index in [9.17, 15) is 0 Å². The van der Waals surface area contributed by atoms with Gasteiger partial charge in [-0.3, -0.25) is 4.68 Å². The van der Waals surface area contributed by atoms with Crippen LogP contribution in [0.15, 0.2) is 6.20 Å². The van der Waals surface area contributed by atoms with Gasteiger partial charge in [-0.15, -0.1) is 24.8 Å². The van der Waals surface area contributed by atoms with Crippen molar-refractivity contribution in [2.75, 3.05) is 26.2 Å². The molecule has 0 saturated heterocycles. The molecule has 0 bridgehead atoms. The molecule has 0 radical (unpaired) electrons. The Kier molecular flexibility index (Phi) is 12.5. The molecule has 1 aromatic heterocycles. The van der Waals surface area contributed by atoms with Gasteiger partial charge in [-0.2, -0.15) is 5.10 Å². The molecular weight excluding hydrogens is 295 g/mol. The van der Waals surface area contributed by atoms with Gasteiger partial charge in [-0.1, -0.05) is 13.8 Å². The molecule has 20 heavy (non-hydrogen) atoms. The molecule has 1 N–H and O–H groups in total. The average molecular weight is 325 g/mol. The van der Waals surface area contributed by atoms with Gasteiger partial charge in [-0.25, -0.2) is 0 Å². The van der Waals surface area contributed by atoms with Crippen LogP contribution < -0.4 is 5.32 Å². The summed E-state index contributed by atoms with van der Waals surface area (Å²) in [6, 6.07) is 0.438. The van der Waals surface area contributed by atoms with E-state index in [1.165, 1.54) is 5.56 Å². The fourth-order valence-corrected chi connectivity index (χ4v) is 1.96. The van der Waals surface area contributed by atoms with Crippen LogP contribution in [0.3, 0.4) is 0 Å². The highest BCUT2D eigenvalue weighted by molar-refractivity contribution is 5.85. The third-order valence-electron chi connectivity index (χ3n) is 3.36. The van der Waals surface area contributed by atoms with Crippen LogP contribution in [0, 0.1) is 6.92 Å². The molecule has 0 spiro atoms. The van der Waals surface area contributed by atoms with Gasteiger partial charge in [0.25, 0.3) is 0 Å². The maximum atomic E-state index is 4.52. The van der Waals surface area contributed by atoms with Crippen molar-refractivity contribution in [1.29, 1.82) is 0 Å². The normalized spacial score (nSPS) is 10.6. The Bertz CT molecular complexity index is 349. The maximum absolute atomic E-state index is 4.52. The van der Waals surface area contributed by atoms with E-state index >= 15 is 0 Å². The monoisotopic (exact) mass is 324 g/mol. The van der Waals surface area contributed by atoms with Crippen molar-refractivity contribution in [1.82, 2.24) is 20.0 Å². The number of hydrogen-bond acceptors (Lipinski definition) is 3. The predicted molar refractivity (Wildman–Crippen MR) is 91.3 cm³/mol. The smallest absolute Gasteiger partial charge is 0.0638 e. The molecule has 0 aliphatic rings. The van der Waals surface area contributed by atoms with Crippen LogP contribution in [0.1, 0.15) is 45.0 Å². The molecule has 1 rings (SSSR count). The van der Waals surface area contributed by atoms with Crippen molar-refractivity contribution >= 4 is 24.8 Å². The van der Waals surface area contributed by atoms with Crippen LogP contribution in [0.25, 0.3) is 0 Å². The molecule has 0 saturated carbocycles. The van der Waals surface area contributed by atoms with Crippen molar-refractivity contribution in [3.05, 3.63) is 17.5 Å². The minimum absolute atomic E-state index is 0. The zero-order chi connectivity index (χ0) is 13.5. The lowest BCUT2D eigenvalue weighted by atomic mass is 10.2. The highest BCUT2D eigenvalue weighted by Crippen LogP contribution is 2.09. The molecule has 120 valence electrons. The molecule has 0 fully saturated rings. The zero-order valence-corrected chi connectivity index (χ0v) is 15.0. The summed E-state index contributed by atoms with van der Waals surface area (Å²) in [6.07, 6.45) is 2.16. The van der Waals surface area contributed by atoms with Crippen LogP contribution in [0.5, 0.6) is 0 Å². The lowest BCUT2D eigenvalue weighted by Crippen LogP contribution is -2.31. The Morgan fingerprint density at radius 3 is 2.30 bits per heavy atom. The first-order chi connectivity index (χ1) is 8.58. The number of rotatable bonds is 8. The van der Waals surface area contributed by atoms with Gasteiger partial charge < -0.3 is 10.2 Å². The lowest BCUT2D eigenvalue weighted by Gasteiger charge is -2.17. The number of halogens is 2. The highest BCUT2D eigenvalue weighted by atomic mass is 35.5. The first kappa shape index (κ1) is 22.0. The average Bonchev–Trinajstić information content (AvgIpc) is 2.71. The minimum Gasteiger partial charge on any atom is -0.311 e. The summed E-state index contributed by atoms with van der Waals surface area (Å²) in [6.45, 7) is 16.1. The number of nitrogens with one attached hydrogen (secondary N) is 1. The maximum Gasteiger partial charge on any atom is 0.0638 e. The Labute approximate surface area is 136 Å². The molecule has 0 atom stereocenters. The standard InChI is InChI=1S/C14H28N4.2ClH/c1-6-17(7-2)9-8-15-10-14-11-18(12(3)4)16-13(14)5;;/h11-12,15H,6-10H2,1-5H3;2*1H. The van der Waals surface area contributed by atoms with Crippen molar-refractivity contribution in [3.63, 3.8) is 0 Å². The number of nitrogens with zero attached hydrogens (tertiary/aromatic N) is 3. The third-order valence-corrected chi connectivity index (χ3v) is 3.36. The highest BCUT2D eigenvalue weighted by Gasteiger charge is 2.06. The summed E-state index contributed by atoms with van der Waals surface area (Å²) in [4.78, 5) is 2.43. The van der Waals surface area contributed by atoms with E-state index in [0.717, 1.165) is 38.4 Å². The van der Waals surface area contributed by atoms with Gasteiger partial charge in [-0.05, 0) is 33.9 Å². The summed E-state index contributed by atoms with van der Waals surface area (Å²) >= 11 is 0. The van der Waals surface area contributed by atoms with Crippen molar-refractivity contribution in [2.45, 2.75) is 47.2 Å². The SMILES string of the molecule is CCN(CC)CCNCc1cn(C(C)C)nc1C.Cl.Cl. The molecule has 6 heteroatoms. The van der Waals surface area contributed by atoms with E-state index in [1.807, 2.05) is 4.68 Å². The van der Waals surface area contributed by atoms with E-state index in [1.54, 1.807) is 0 Å². The van der Waals surface area contributed by atoms with Crippen LogP contribution in [0.2, 0.25) is 0 Å². The van der Waals surface area contributed by atoms with E-state index in [0.29, 0.717) is 6.04 Å². The van der Waals surface area contributed by atoms with Crippen molar-refractivity contribution in [3.8, 4) is 0 Å². The number of likely N-dealkylation sites (N-methyl/N-ethyl adjacent to an activating group) is 1. The summed E-state index contributed by atoms with van der Waals surface area (Å²) in [5.74, 6) is 0. The summed E-state index contributed by atoms with van der Waals surface area (Å²) in [7, 11) is 0. The molecular formula is C14H30Cl2N4. The Hall–Kier alpha value is -0.290. The van der Waals surface area contributed by atoms with Gasteiger partial charge in [0.2, 0.25) is 0 Å². The van der Waals surface area contributed by atoms with Gasteiger partial charge in [0.05, 0.1) is 5.69 Å². The fraction of sp³-hybridized carbons (Fsp3) is 0.786. The predicted octanol–water partition coefficient (Wildman–Crippen LogP) is 3.05. The molecule has 1 heterocycles. The van der Waals surface area contributed by atoms with Crippen molar-refractivity contribution < 1.29 is 0 Å². The fourth-order valence-electron chi connectivity index (χ4n) is 1.96. The first-order valence-electron chi connectivity index (χ1n) is 7.06. The molecule has 4 nitrogen and oxygen atoms in total. The second-order valence-corrected chi connectivity index (χ2v) is 5.02. The largest absolute Gasteiger partial charge is 0.311 e. The van der Waals surface area contributed by atoms with Gasteiger partial charge >= 0.3 is 0 Å². The van der Waals surface area contributed by atoms with E-state index in [2.05, 4.69) is 56.1 Å². The summed E-state index contributed by atoms with van der Waals surface area (Å²) in [5.41, 5.74) is 2.45. The quantitative estimate of drug-likeness (QED) is 0.746. The molecule has 0 aliphatic heterocycles. The first-order valence-corrected chi connectivity index (χ1v) is 7.06. The van der Waals surface area contributed by atoms with Gasteiger partial charge in [0.1, 0.15) is 0 Å². The Morgan fingerprint density at radius 2 is 1.85 bits per heavy atom. The number of hydrogen-bond donors (Lipinski definition) is 1. The van der Waals surface area contributed by atoms with Gasteiger partial charge in [0.15, 0.2) is 0 Å². The lowest BCUT2D eigenvalue weighted by molar-refractivity contribution is 0.302. The molecule has 0 aliphatic carbocycles. The number of aryl methyl sites for hydroxylation is 1. The topological polar surface area (TPSA) is 33.1 Å². The zero-order valence-electron chi connectivity index (χ0n) is 13.3. The van der Waals surface area contributed by atoms with Crippen LogP contribution in [0.4, 0.5) is 0 Å². The summed E-state index contributed by atoms with van der Waals surface area (Å²) < 4.78 is 2.04. The van der Waals surface area contributed by atoms with Crippen LogP contribution in [-0.2, 0) is 6.54 Å². The van der Waals surface area contributed by atoms with E-state index in [4.69, 9.17) is 0 Å². The van der Waals surface area contributed by atoms with Crippen LogP contribution in [-0.4, -0.2) is 40.9 Å². The minimum atomic E-state index is 0.